The number of rotatable bonds is 4. The van der Waals surface area contributed by atoms with Gasteiger partial charge < -0.3 is 18.9 Å². The fourth-order valence-corrected chi connectivity index (χ4v) is 4.87. The second-order valence-corrected chi connectivity index (χ2v) is 8.13. The number of amides is 1. The number of carbonyl (C=O) groups is 1. The second-order valence-electron chi connectivity index (χ2n) is 8.13. The van der Waals surface area contributed by atoms with Crippen molar-refractivity contribution in [3.05, 3.63) is 29.5 Å². The fourth-order valence-electron chi connectivity index (χ4n) is 4.87. The lowest BCUT2D eigenvalue weighted by Gasteiger charge is -2.33. The second kappa shape index (κ2) is 7.19. The number of likely N-dealkylation sites (tertiary alicyclic amines) is 1. The number of aromatic nitrogens is 1. The Balaban J connectivity index is 1.72. The first-order valence-electron chi connectivity index (χ1n) is 10.1. The maximum atomic E-state index is 13.6. The number of fused-ring (bicyclic) bond motifs is 1. The molecule has 1 amide bonds. The van der Waals surface area contributed by atoms with Gasteiger partial charge in [0.25, 0.3) is 5.91 Å². The van der Waals surface area contributed by atoms with Gasteiger partial charge in [-0.15, -0.1) is 0 Å². The lowest BCUT2D eigenvalue weighted by molar-refractivity contribution is -0.00159. The van der Waals surface area contributed by atoms with Gasteiger partial charge in [-0.1, -0.05) is 6.92 Å². The minimum atomic E-state index is 0.156. The molecule has 1 aromatic heterocycles. The van der Waals surface area contributed by atoms with E-state index >= 15 is 0 Å². The predicted molar refractivity (Wildman–Crippen MR) is 107 cm³/mol. The Hall–Kier alpha value is -2.01. The number of nitrogens with zero attached hydrogens (tertiary/aromatic N) is 2. The molecule has 4 rings (SSSR count). The molecule has 5 heteroatoms. The number of benzene rings is 1. The molecule has 5 nitrogen and oxygen atoms in total. The van der Waals surface area contributed by atoms with Crippen LogP contribution in [0.3, 0.4) is 0 Å². The average Bonchev–Trinajstić information content (AvgIpc) is 3.21. The van der Waals surface area contributed by atoms with Crippen molar-refractivity contribution in [2.45, 2.75) is 46.1 Å². The van der Waals surface area contributed by atoms with Crippen LogP contribution < -0.4 is 4.74 Å². The molecular formula is C22H30N2O3. The Labute approximate surface area is 161 Å². The molecule has 1 unspecified atom stereocenters. The van der Waals surface area contributed by atoms with Gasteiger partial charge in [0.15, 0.2) is 0 Å². The fraction of sp³-hybridized carbons (Fsp3) is 0.591. The minimum Gasteiger partial charge on any atom is -0.497 e. The Morgan fingerprint density at radius 2 is 2.19 bits per heavy atom. The third kappa shape index (κ3) is 3.12. The van der Waals surface area contributed by atoms with Gasteiger partial charge in [0.1, 0.15) is 5.75 Å². The van der Waals surface area contributed by atoms with Crippen LogP contribution in [0.1, 0.15) is 48.7 Å². The van der Waals surface area contributed by atoms with Crippen molar-refractivity contribution in [3.63, 3.8) is 0 Å². The van der Waals surface area contributed by atoms with Crippen molar-refractivity contribution in [2.75, 3.05) is 33.4 Å². The van der Waals surface area contributed by atoms with E-state index in [2.05, 4.69) is 24.5 Å². The van der Waals surface area contributed by atoms with Crippen molar-refractivity contribution in [1.29, 1.82) is 0 Å². The quantitative estimate of drug-likeness (QED) is 0.817. The summed E-state index contributed by atoms with van der Waals surface area (Å²) >= 11 is 0. The number of methoxy groups -OCH3 is 1. The number of carbonyl (C=O) groups excluding carboxylic acids is 1. The van der Waals surface area contributed by atoms with E-state index in [-0.39, 0.29) is 11.3 Å². The van der Waals surface area contributed by atoms with Crippen molar-refractivity contribution in [3.8, 4) is 5.75 Å². The van der Waals surface area contributed by atoms with E-state index in [1.165, 1.54) is 6.42 Å². The molecule has 0 N–H and O–H groups in total. The van der Waals surface area contributed by atoms with Crippen LogP contribution in [0.4, 0.5) is 0 Å². The molecule has 2 saturated heterocycles. The summed E-state index contributed by atoms with van der Waals surface area (Å²) in [6.07, 6.45) is 4.36. The molecule has 27 heavy (non-hydrogen) atoms. The normalized spacial score (nSPS) is 22.7. The molecule has 0 saturated carbocycles. The summed E-state index contributed by atoms with van der Waals surface area (Å²) in [6.45, 7) is 8.45. The highest BCUT2D eigenvalue weighted by Gasteiger charge is 2.42. The number of aryl methyl sites for hydroxylation is 1. The highest BCUT2D eigenvalue weighted by atomic mass is 16.5. The zero-order valence-electron chi connectivity index (χ0n) is 16.7. The van der Waals surface area contributed by atoms with E-state index < -0.39 is 0 Å². The zero-order chi connectivity index (χ0) is 19.0. The summed E-state index contributed by atoms with van der Waals surface area (Å²) in [5, 5.41) is 1.01. The number of hydrogen-bond donors (Lipinski definition) is 0. The molecule has 146 valence electrons. The summed E-state index contributed by atoms with van der Waals surface area (Å²) in [5.74, 6) is 0.951. The maximum Gasteiger partial charge on any atom is 0.256 e. The van der Waals surface area contributed by atoms with Crippen molar-refractivity contribution < 1.29 is 14.3 Å². The van der Waals surface area contributed by atoms with Crippen LogP contribution in [0, 0.1) is 12.3 Å². The lowest BCUT2D eigenvalue weighted by Crippen LogP contribution is -2.37. The van der Waals surface area contributed by atoms with Crippen molar-refractivity contribution in [1.82, 2.24) is 9.47 Å². The first kappa shape index (κ1) is 18.4. The van der Waals surface area contributed by atoms with Crippen molar-refractivity contribution in [2.24, 2.45) is 5.41 Å². The van der Waals surface area contributed by atoms with Crippen LogP contribution >= 0.6 is 0 Å². The van der Waals surface area contributed by atoms with Crippen LogP contribution in [-0.2, 0) is 11.3 Å². The molecule has 2 fully saturated rings. The Kier molecular flexibility index (Phi) is 4.89. The smallest absolute Gasteiger partial charge is 0.256 e. The van der Waals surface area contributed by atoms with Gasteiger partial charge in [0.2, 0.25) is 0 Å². The summed E-state index contributed by atoms with van der Waals surface area (Å²) in [7, 11) is 1.67. The van der Waals surface area contributed by atoms with E-state index in [1.807, 2.05) is 17.0 Å². The monoisotopic (exact) mass is 370 g/mol. The summed E-state index contributed by atoms with van der Waals surface area (Å²) in [4.78, 5) is 15.6. The van der Waals surface area contributed by atoms with E-state index in [4.69, 9.17) is 9.47 Å². The van der Waals surface area contributed by atoms with Gasteiger partial charge in [-0.3, -0.25) is 4.79 Å². The van der Waals surface area contributed by atoms with Crippen LogP contribution in [0.2, 0.25) is 0 Å². The molecule has 2 aromatic rings. The van der Waals surface area contributed by atoms with Gasteiger partial charge in [-0.2, -0.15) is 0 Å². The van der Waals surface area contributed by atoms with Gasteiger partial charge in [-0.25, -0.2) is 0 Å². The molecule has 2 aliphatic rings. The molecule has 1 aromatic carbocycles. The van der Waals surface area contributed by atoms with Crippen LogP contribution in [-0.4, -0.2) is 48.8 Å². The molecule has 1 spiro atoms. The highest BCUT2D eigenvalue weighted by molar-refractivity contribution is 6.09. The Bertz CT molecular complexity index is 849. The maximum absolute atomic E-state index is 13.6. The van der Waals surface area contributed by atoms with Crippen LogP contribution in [0.25, 0.3) is 10.9 Å². The third-order valence-corrected chi connectivity index (χ3v) is 6.32. The van der Waals surface area contributed by atoms with Gasteiger partial charge >= 0.3 is 0 Å². The summed E-state index contributed by atoms with van der Waals surface area (Å²) in [6, 6.07) is 6.07. The first-order valence-corrected chi connectivity index (χ1v) is 10.1. The first-order chi connectivity index (χ1) is 13.1. The molecule has 3 heterocycles. The third-order valence-electron chi connectivity index (χ3n) is 6.32. The van der Waals surface area contributed by atoms with E-state index in [9.17, 15) is 4.79 Å². The standard InChI is InChI=1S/C22H30N2O3/c1-4-10-24-16(2)20(18-13-17(26-3)6-7-19(18)24)21(25)23-11-9-22(14-23)8-5-12-27-15-22/h6-7,13H,4-5,8-12,14-15H2,1-3H3. The molecule has 0 bridgehead atoms. The van der Waals surface area contributed by atoms with E-state index in [1.54, 1.807) is 7.11 Å². The van der Waals surface area contributed by atoms with E-state index in [0.717, 1.165) is 80.0 Å². The van der Waals surface area contributed by atoms with Crippen LogP contribution in [0.15, 0.2) is 18.2 Å². The Morgan fingerprint density at radius 1 is 1.33 bits per heavy atom. The van der Waals surface area contributed by atoms with Gasteiger partial charge in [0.05, 0.1) is 19.3 Å². The highest BCUT2D eigenvalue weighted by Crippen LogP contribution is 2.39. The average molecular weight is 370 g/mol. The predicted octanol–water partition coefficient (Wildman–Crippen LogP) is 4.01. The van der Waals surface area contributed by atoms with Crippen molar-refractivity contribution >= 4 is 16.8 Å². The van der Waals surface area contributed by atoms with Gasteiger partial charge in [0, 0.05) is 48.3 Å². The molecule has 2 aliphatic heterocycles. The molecule has 0 aliphatic carbocycles. The Morgan fingerprint density at radius 3 is 2.89 bits per heavy atom. The lowest BCUT2D eigenvalue weighted by atomic mass is 9.82. The summed E-state index contributed by atoms with van der Waals surface area (Å²) < 4.78 is 13.4. The molecular weight excluding hydrogens is 340 g/mol. The molecule has 0 radical (unpaired) electrons. The zero-order valence-corrected chi connectivity index (χ0v) is 16.7. The summed E-state index contributed by atoms with van der Waals surface area (Å²) in [5.41, 5.74) is 3.19. The van der Waals surface area contributed by atoms with Crippen LogP contribution in [0.5, 0.6) is 5.75 Å². The topological polar surface area (TPSA) is 43.7 Å². The number of ether oxygens (including phenoxy) is 2. The minimum absolute atomic E-state index is 0.156. The number of hydrogen-bond acceptors (Lipinski definition) is 3. The SMILES string of the molecule is CCCn1c(C)c(C(=O)N2CCC3(CCCOC3)C2)c2cc(OC)ccc21. The molecule has 1 atom stereocenters. The largest absolute Gasteiger partial charge is 0.497 e. The van der Waals surface area contributed by atoms with E-state index in [0.29, 0.717) is 0 Å². The van der Waals surface area contributed by atoms with Gasteiger partial charge in [-0.05, 0) is 50.8 Å².